The summed E-state index contributed by atoms with van der Waals surface area (Å²) < 4.78 is 13.2. The van der Waals surface area contributed by atoms with Crippen LogP contribution in [0, 0.1) is 11.7 Å². The molecule has 2 aromatic carbocycles. The van der Waals surface area contributed by atoms with Gasteiger partial charge in [-0.15, -0.1) is 0 Å². The quantitative estimate of drug-likeness (QED) is 0.847. The van der Waals surface area contributed by atoms with Crippen LogP contribution in [0.25, 0.3) is 0 Å². The molecule has 4 rings (SSSR count). The van der Waals surface area contributed by atoms with Gasteiger partial charge >= 0.3 is 0 Å². The highest BCUT2D eigenvalue weighted by atomic mass is 19.1. The first kappa shape index (κ1) is 19.6. The van der Waals surface area contributed by atoms with Gasteiger partial charge in [-0.3, -0.25) is 14.5 Å². The van der Waals surface area contributed by atoms with Crippen molar-refractivity contribution in [3.05, 3.63) is 71.5 Å². The highest BCUT2D eigenvalue weighted by Crippen LogP contribution is 2.43. The van der Waals surface area contributed by atoms with E-state index in [9.17, 15) is 14.0 Å². The first-order valence-electron chi connectivity index (χ1n) is 10.2. The maximum absolute atomic E-state index is 13.2. The molecule has 2 saturated heterocycles. The maximum atomic E-state index is 13.2. The molecule has 2 aliphatic heterocycles. The van der Waals surface area contributed by atoms with Crippen molar-refractivity contribution in [3.63, 3.8) is 0 Å². The van der Waals surface area contributed by atoms with E-state index in [1.54, 1.807) is 12.1 Å². The minimum absolute atomic E-state index is 0.00508. The Kier molecular flexibility index (Phi) is 5.62. The van der Waals surface area contributed by atoms with E-state index in [4.69, 9.17) is 0 Å². The summed E-state index contributed by atoms with van der Waals surface area (Å²) in [6, 6.07) is 16.0. The van der Waals surface area contributed by atoms with E-state index in [1.165, 1.54) is 12.1 Å². The molecule has 0 bridgehead atoms. The van der Waals surface area contributed by atoms with Crippen molar-refractivity contribution in [2.45, 2.75) is 32.0 Å². The predicted molar refractivity (Wildman–Crippen MR) is 108 cm³/mol. The third-order valence-electron chi connectivity index (χ3n) is 5.86. The first-order valence-corrected chi connectivity index (χ1v) is 10.2. The molecule has 2 fully saturated rings. The number of amides is 2. The normalized spacial score (nSPS) is 24.4. The SMILES string of the molecule is CCNC(=O)[C@@H]1C[C@@H]2CN(Cc3ccc(F)cc3)CC(=O)N2[C@@H]1c1ccccc1. The fraction of sp³-hybridized carbons (Fsp3) is 0.391. The summed E-state index contributed by atoms with van der Waals surface area (Å²) in [6.07, 6.45) is 0.650. The zero-order chi connectivity index (χ0) is 20.4. The molecule has 0 aliphatic carbocycles. The summed E-state index contributed by atoms with van der Waals surface area (Å²) >= 11 is 0. The van der Waals surface area contributed by atoms with Crippen LogP contribution in [0.3, 0.4) is 0 Å². The number of nitrogens with one attached hydrogen (secondary N) is 1. The Morgan fingerprint density at radius 2 is 1.86 bits per heavy atom. The van der Waals surface area contributed by atoms with Crippen LogP contribution in [0.15, 0.2) is 54.6 Å². The number of carbonyl (C=O) groups is 2. The van der Waals surface area contributed by atoms with Gasteiger partial charge in [-0.1, -0.05) is 42.5 Å². The van der Waals surface area contributed by atoms with Gasteiger partial charge in [-0.25, -0.2) is 4.39 Å². The fourth-order valence-electron chi connectivity index (χ4n) is 4.68. The van der Waals surface area contributed by atoms with Crippen LogP contribution in [0.2, 0.25) is 0 Å². The summed E-state index contributed by atoms with van der Waals surface area (Å²) in [5.41, 5.74) is 1.98. The second-order valence-electron chi connectivity index (χ2n) is 7.84. The van der Waals surface area contributed by atoms with Gasteiger partial charge < -0.3 is 10.2 Å². The number of nitrogens with zero attached hydrogens (tertiary/aromatic N) is 2. The van der Waals surface area contributed by atoms with Crippen LogP contribution in [0.5, 0.6) is 0 Å². The minimum Gasteiger partial charge on any atom is -0.356 e. The Balaban J connectivity index is 1.57. The van der Waals surface area contributed by atoms with E-state index in [-0.39, 0.29) is 35.6 Å². The van der Waals surface area contributed by atoms with Crippen LogP contribution in [0.1, 0.15) is 30.5 Å². The van der Waals surface area contributed by atoms with E-state index in [0.29, 0.717) is 32.6 Å². The number of hydrogen-bond acceptors (Lipinski definition) is 3. The molecule has 1 N–H and O–H groups in total. The highest BCUT2D eigenvalue weighted by molar-refractivity contribution is 5.85. The Morgan fingerprint density at radius 3 is 2.55 bits per heavy atom. The molecule has 2 aromatic rings. The average Bonchev–Trinajstić information content (AvgIpc) is 3.11. The molecule has 5 nitrogen and oxygen atoms in total. The molecule has 2 aliphatic rings. The van der Waals surface area contributed by atoms with Crippen molar-refractivity contribution in [1.82, 2.24) is 15.1 Å². The van der Waals surface area contributed by atoms with Gasteiger partial charge in [0.25, 0.3) is 0 Å². The van der Waals surface area contributed by atoms with Crippen LogP contribution >= 0.6 is 0 Å². The number of piperazine rings is 1. The van der Waals surface area contributed by atoms with E-state index in [0.717, 1.165) is 11.1 Å². The van der Waals surface area contributed by atoms with Gasteiger partial charge in [0.05, 0.1) is 18.5 Å². The van der Waals surface area contributed by atoms with Gasteiger partial charge in [-0.05, 0) is 36.6 Å². The summed E-state index contributed by atoms with van der Waals surface area (Å²) in [4.78, 5) is 29.9. The molecule has 0 saturated carbocycles. The summed E-state index contributed by atoms with van der Waals surface area (Å²) in [7, 11) is 0. The van der Waals surface area contributed by atoms with Gasteiger partial charge in [0.2, 0.25) is 11.8 Å². The molecule has 6 heteroatoms. The number of fused-ring (bicyclic) bond motifs is 1. The standard InChI is InChI=1S/C23H26FN3O2/c1-2-25-23(29)20-12-19-14-26(13-16-8-10-18(24)11-9-16)15-21(28)27(19)22(20)17-6-4-3-5-7-17/h3-11,19-20,22H,2,12-15H2,1H3,(H,25,29)/t19-,20-,22-/m1/s1. The van der Waals surface area contributed by atoms with E-state index < -0.39 is 0 Å². The fourth-order valence-corrected chi connectivity index (χ4v) is 4.68. The van der Waals surface area contributed by atoms with Crippen molar-refractivity contribution >= 4 is 11.8 Å². The molecular weight excluding hydrogens is 369 g/mol. The lowest BCUT2D eigenvalue weighted by atomic mass is 9.92. The molecule has 2 heterocycles. The van der Waals surface area contributed by atoms with Crippen LogP contribution < -0.4 is 5.32 Å². The first-order chi connectivity index (χ1) is 14.1. The lowest BCUT2D eigenvalue weighted by Crippen LogP contribution is -2.54. The predicted octanol–water partition coefficient (Wildman–Crippen LogP) is 2.74. The Hall–Kier alpha value is -2.73. The Labute approximate surface area is 170 Å². The highest BCUT2D eigenvalue weighted by Gasteiger charge is 2.49. The van der Waals surface area contributed by atoms with Gasteiger partial charge in [-0.2, -0.15) is 0 Å². The Morgan fingerprint density at radius 1 is 1.14 bits per heavy atom. The van der Waals surface area contributed by atoms with Gasteiger partial charge in [0.1, 0.15) is 5.82 Å². The van der Waals surface area contributed by atoms with Crippen LogP contribution in [-0.4, -0.2) is 47.3 Å². The number of halogens is 1. The van der Waals surface area contributed by atoms with Crippen molar-refractivity contribution in [2.75, 3.05) is 19.6 Å². The molecule has 29 heavy (non-hydrogen) atoms. The summed E-state index contributed by atoms with van der Waals surface area (Å²) in [6.45, 7) is 4.10. The lowest BCUT2D eigenvalue weighted by Gasteiger charge is -2.40. The van der Waals surface area contributed by atoms with Crippen molar-refractivity contribution in [1.29, 1.82) is 0 Å². The van der Waals surface area contributed by atoms with Crippen molar-refractivity contribution in [3.8, 4) is 0 Å². The minimum atomic E-state index is -0.263. The number of carbonyl (C=O) groups excluding carboxylic acids is 2. The average molecular weight is 395 g/mol. The second-order valence-corrected chi connectivity index (χ2v) is 7.84. The topological polar surface area (TPSA) is 52.7 Å². The van der Waals surface area contributed by atoms with E-state index >= 15 is 0 Å². The third-order valence-corrected chi connectivity index (χ3v) is 5.86. The third kappa shape index (κ3) is 4.03. The zero-order valence-electron chi connectivity index (χ0n) is 16.6. The van der Waals surface area contributed by atoms with Gasteiger partial charge in [0.15, 0.2) is 0 Å². The largest absolute Gasteiger partial charge is 0.356 e. The molecule has 3 atom stereocenters. The molecule has 152 valence electrons. The number of benzene rings is 2. The molecular formula is C23H26FN3O2. The number of hydrogen-bond donors (Lipinski definition) is 1. The second kappa shape index (κ2) is 8.33. The molecule has 0 spiro atoms. The van der Waals surface area contributed by atoms with Crippen molar-refractivity contribution < 1.29 is 14.0 Å². The van der Waals surface area contributed by atoms with E-state index in [2.05, 4.69) is 10.2 Å². The van der Waals surface area contributed by atoms with Gasteiger partial charge in [0, 0.05) is 25.7 Å². The lowest BCUT2D eigenvalue weighted by molar-refractivity contribution is -0.141. The number of rotatable bonds is 5. The Bertz CT molecular complexity index is 871. The molecule has 2 amide bonds. The maximum Gasteiger partial charge on any atom is 0.237 e. The molecule has 0 aromatic heterocycles. The van der Waals surface area contributed by atoms with Crippen molar-refractivity contribution in [2.24, 2.45) is 5.92 Å². The van der Waals surface area contributed by atoms with E-state index in [1.807, 2.05) is 42.2 Å². The zero-order valence-corrected chi connectivity index (χ0v) is 16.6. The summed E-state index contributed by atoms with van der Waals surface area (Å²) in [5.74, 6) is -0.462. The van der Waals surface area contributed by atoms with Crippen LogP contribution in [0.4, 0.5) is 4.39 Å². The molecule has 0 unspecified atom stereocenters. The monoisotopic (exact) mass is 395 g/mol. The molecule has 0 radical (unpaired) electrons. The van der Waals surface area contributed by atoms with Crippen LogP contribution in [-0.2, 0) is 16.1 Å². The smallest absolute Gasteiger partial charge is 0.237 e. The summed E-state index contributed by atoms with van der Waals surface area (Å²) in [5, 5.41) is 2.94.